The molecule has 31 heavy (non-hydrogen) atoms. The van der Waals surface area contributed by atoms with E-state index in [1.807, 2.05) is 0 Å². The molecule has 0 heterocycles. The molecule has 4 saturated carbocycles. The molecule has 2 N–H and O–H groups in total. The van der Waals surface area contributed by atoms with Crippen LogP contribution in [0.2, 0.25) is 0 Å². The van der Waals surface area contributed by atoms with Crippen LogP contribution in [0.15, 0.2) is 12.2 Å². The number of hydrogen-bond donors (Lipinski definition) is 2. The van der Waals surface area contributed by atoms with Crippen molar-refractivity contribution < 1.29 is 15.0 Å². The molecule has 0 aromatic heterocycles. The van der Waals surface area contributed by atoms with Crippen LogP contribution in [0.25, 0.3) is 0 Å². The molecule has 176 valence electrons. The Morgan fingerprint density at radius 1 is 1.10 bits per heavy atom. The van der Waals surface area contributed by atoms with E-state index in [0.717, 1.165) is 32.0 Å². The van der Waals surface area contributed by atoms with Crippen LogP contribution in [-0.4, -0.2) is 28.2 Å². The third-order valence-corrected chi connectivity index (χ3v) is 11.3. The molecular formula is C28H46O3. The number of allylic oxidation sites excluding steroid dienone is 1. The molecule has 0 aromatic carbocycles. The molecule has 3 heteroatoms. The lowest BCUT2D eigenvalue weighted by Gasteiger charge is -2.52. The average molecular weight is 431 g/mol. The topological polar surface area (TPSA) is 57.5 Å². The van der Waals surface area contributed by atoms with Crippen molar-refractivity contribution in [1.29, 1.82) is 0 Å². The van der Waals surface area contributed by atoms with Gasteiger partial charge in [-0.3, -0.25) is 0 Å². The summed E-state index contributed by atoms with van der Waals surface area (Å²) >= 11 is 0. The minimum absolute atomic E-state index is 0.234. The predicted octanol–water partition coefficient (Wildman–Crippen LogP) is 5.78. The quantitative estimate of drug-likeness (QED) is 0.414. The zero-order valence-corrected chi connectivity index (χ0v) is 20.6. The Bertz CT molecular complexity index is 715. The van der Waals surface area contributed by atoms with Gasteiger partial charge in [0.15, 0.2) is 0 Å². The Morgan fingerprint density at radius 3 is 2.45 bits per heavy atom. The number of carbonyl (C=O) groups is 1. The van der Waals surface area contributed by atoms with Gasteiger partial charge in [-0.15, -0.1) is 0 Å². The molecule has 4 fully saturated rings. The summed E-state index contributed by atoms with van der Waals surface area (Å²) in [5.41, 5.74) is 0.360. The van der Waals surface area contributed by atoms with Crippen LogP contribution in [0.3, 0.4) is 0 Å². The molecule has 5 unspecified atom stereocenters. The number of aliphatic hydroxyl groups is 2. The van der Waals surface area contributed by atoms with E-state index in [0.29, 0.717) is 36.0 Å². The van der Waals surface area contributed by atoms with Crippen molar-refractivity contribution >= 4 is 6.29 Å². The maximum Gasteiger partial charge on any atom is 0.126 e. The number of aliphatic hydroxyl groups excluding tert-OH is 1. The number of hydrogen-bond acceptors (Lipinski definition) is 3. The Hall–Kier alpha value is -0.670. The van der Waals surface area contributed by atoms with Crippen LogP contribution in [0, 0.1) is 52.3 Å². The first kappa shape index (κ1) is 23.5. The monoisotopic (exact) mass is 430 g/mol. The standard InChI is InChI=1S/C28H46O3/c1-17(2)18(3)7-8-19(4)21-9-10-22-25-23(12-13-26(21,22)5)27(6)14-11-20(30)15-28(27,31)24(25)16-29/h16-17,19-25,30-31H,3,7-15H2,1-2,4-6H3/t19-,20+,21?,22?,23?,24?,25?,26-,27-,28-/m1/s1. The first-order chi connectivity index (χ1) is 14.5. The van der Waals surface area contributed by atoms with Crippen molar-refractivity contribution in [1.82, 2.24) is 0 Å². The molecule has 3 nitrogen and oxygen atoms in total. The lowest BCUT2D eigenvalue weighted by Crippen LogP contribution is -2.54. The number of rotatable bonds is 6. The van der Waals surface area contributed by atoms with E-state index in [1.54, 1.807) is 0 Å². The first-order valence-electron chi connectivity index (χ1n) is 13.0. The Balaban J connectivity index is 1.59. The van der Waals surface area contributed by atoms with Crippen molar-refractivity contribution in [3.63, 3.8) is 0 Å². The van der Waals surface area contributed by atoms with Gasteiger partial charge in [0.05, 0.1) is 11.7 Å². The highest BCUT2D eigenvalue weighted by Gasteiger charge is 2.72. The second-order valence-corrected chi connectivity index (χ2v) is 12.7. The smallest absolute Gasteiger partial charge is 0.126 e. The fraction of sp³-hybridized carbons (Fsp3) is 0.893. The Labute approximate surface area is 190 Å². The van der Waals surface area contributed by atoms with E-state index in [4.69, 9.17) is 0 Å². The summed E-state index contributed by atoms with van der Waals surface area (Å²) in [6.07, 6.45) is 9.70. The van der Waals surface area contributed by atoms with E-state index in [1.165, 1.54) is 31.3 Å². The molecular weight excluding hydrogens is 384 g/mol. The minimum atomic E-state index is -1.04. The number of aldehydes is 1. The summed E-state index contributed by atoms with van der Waals surface area (Å²) in [5.74, 6) is 2.80. The maximum absolute atomic E-state index is 12.5. The molecule has 0 radical (unpaired) electrons. The van der Waals surface area contributed by atoms with Gasteiger partial charge in [0.2, 0.25) is 0 Å². The van der Waals surface area contributed by atoms with Crippen LogP contribution in [-0.2, 0) is 4.79 Å². The van der Waals surface area contributed by atoms with E-state index in [2.05, 4.69) is 41.2 Å². The fourth-order valence-electron chi connectivity index (χ4n) is 9.24. The SMILES string of the molecule is C=C(CC[C@@H](C)C1CCC2C3C(C=O)[C@]4(O)C[C@@H](O)CC[C@]4(C)C3CC[C@@]21C)C(C)C. The van der Waals surface area contributed by atoms with Gasteiger partial charge in [0, 0.05) is 17.8 Å². The van der Waals surface area contributed by atoms with Gasteiger partial charge in [0.25, 0.3) is 0 Å². The lowest BCUT2D eigenvalue weighted by atomic mass is 9.53. The van der Waals surface area contributed by atoms with Gasteiger partial charge in [-0.25, -0.2) is 0 Å². The summed E-state index contributed by atoms with van der Waals surface area (Å²) < 4.78 is 0. The van der Waals surface area contributed by atoms with E-state index >= 15 is 0 Å². The Morgan fingerprint density at radius 2 is 1.81 bits per heavy atom. The zero-order valence-electron chi connectivity index (χ0n) is 20.6. The average Bonchev–Trinajstić information content (AvgIpc) is 3.15. The highest BCUT2D eigenvalue weighted by Crippen LogP contribution is 2.72. The van der Waals surface area contributed by atoms with E-state index in [-0.39, 0.29) is 22.7 Å². The number of carbonyl (C=O) groups excluding carboxylic acids is 1. The molecule has 0 bridgehead atoms. The summed E-state index contributed by atoms with van der Waals surface area (Å²) in [6, 6.07) is 0. The second-order valence-electron chi connectivity index (χ2n) is 12.7. The summed E-state index contributed by atoms with van der Waals surface area (Å²) in [5, 5.41) is 22.3. The summed E-state index contributed by atoms with van der Waals surface area (Å²) in [4.78, 5) is 12.5. The van der Waals surface area contributed by atoms with Crippen molar-refractivity contribution in [3.8, 4) is 0 Å². The molecule has 0 spiro atoms. The van der Waals surface area contributed by atoms with Gasteiger partial charge in [-0.05, 0) is 92.3 Å². The molecule has 4 aliphatic rings. The molecule has 4 aliphatic carbocycles. The van der Waals surface area contributed by atoms with E-state index in [9.17, 15) is 15.0 Å². The highest BCUT2D eigenvalue weighted by atomic mass is 16.3. The summed E-state index contributed by atoms with van der Waals surface area (Å²) in [6.45, 7) is 15.9. The van der Waals surface area contributed by atoms with Gasteiger partial charge in [-0.2, -0.15) is 0 Å². The van der Waals surface area contributed by atoms with Crippen LogP contribution in [0.5, 0.6) is 0 Å². The van der Waals surface area contributed by atoms with Crippen LogP contribution in [0.1, 0.15) is 92.4 Å². The molecule has 4 rings (SSSR count). The second kappa shape index (κ2) is 7.97. The lowest BCUT2D eigenvalue weighted by molar-refractivity contribution is -0.156. The molecule has 0 aromatic rings. The summed E-state index contributed by atoms with van der Waals surface area (Å²) in [7, 11) is 0. The molecule has 0 aliphatic heterocycles. The number of fused-ring (bicyclic) bond motifs is 5. The van der Waals surface area contributed by atoms with Crippen molar-refractivity contribution in [2.45, 2.75) is 104 Å². The van der Waals surface area contributed by atoms with Crippen LogP contribution in [0.4, 0.5) is 0 Å². The first-order valence-corrected chi connectivity index (χ1v) is 13.0. The maximum atomic E-state index is 12.5. The van der Waals surface area contributed by atoms with E-state index < -0.39 is 11.7 Å². The highest BCUT2D eigenvalue weighted by molar-refractivity contribution is 5.59. The van der Waals surface area contributed by atoms with Gasteiger partial charge in [0.1, 0.15) is 6.29 Å². The molecule has 0 amide bonds. The predicted molar refractivity (Wildman–Crippen MR) is 125 cm³/mol. The van der Waals surface area contributed by atoms with Crippen LogP contribution >= 0.6 is 0 Å². The van der Waals surface area contributed by atoms with Gasteiger partial charge in [-0.1, -0.05) is 46.8 Å². The Kier molecular flexibility index (Phi) is 6.04. The van der Waals surface area contributed by atoms with Crippen molar-refractivity contribution in [2.75, 3.05) is 0 Å². The fourth-order valence-corrected chi connectivity index (χ4v) is 9.24. The molecule has 0 saturated heterocycles. The van der Waals surface area contributed by atoms with Crippen LogP contribution < -0.4 is 0 Å². The van der Waals surface area contributed by atoms with Gasteiger partial charge >= 0.3 is 0 Å². The third kappa shape index (κ3) is 3.31. The normalized spacial score (nSPS) is 49.9. The molecule has 10 atom stereocenters. The minimum Gasteiger partial charge on any atom is -0.393 e. The largest absolute Gasteiger partial charge is 0.393 e. The van der Waals surface area contributed by atoms with Gasteiger partial charge < -0.3 is 15.0 Å². The zero-order chi connectivity index (χ0) is 22.8. The van der Waals surface area contributed by atoms with Crippen molar-refractivity contribution in [3.05, 3.63) is 12.2 Å². The van der Waals surface area contributed by atoms with Crippen molar-refractivity contribution in [2.24, 2.45) is 52.3 Å². The third-order valence-electron chi connectivity index (χ3n) is 11.3.